The summed E-state index contributed by atoms with van der Waals surface area (Å²) < 4.78 is 2.09. The van der Waals surface area contributed by atoms with Crippen LogP contribution in [0.3, 0.4) is 0 Å². The second kappa shape index (κ2) is 4.93. The van der Waals surface area contributed by atoms with Crippen molar-refractivity contribution < 1.29 is 0 Å². The summed E-state index contributed by atoms with van der Waals surface area (Å²) in [5, 5.41) is 17.4. The maximum absolute atomic E-state index is 3.97. The van der Waals surface area contributed by atoms with Gasteiger partial charge in [-0.15, -0.1) is 10.2 Å². The number of aromatic amines is 1. The van der Waals surface area contributed by atoms with E-state index in [1.165, 1.54) is 5.69 Å². The summed E-state index contributed by atoms with van der Waals surface area (Å²) in [5.41, 5.74) is 3.19. The predicted molar refractivity (Wildman–Crippen MR) is 72.4 cm³/mol. The van der Waals surface area contributed by atoms with Crippen molar-refractivity contribution in [3.8, 4) is 11.4 Å². The normalized spacial score (nSPS) is 10.6. The van der Waals surface area contributed by atoms with E-state index in [1.54, 1.807) is 0 Å². The third-order valence-corrected chi connectivity index (χ3v) is 2.99. The molecule has 0 aliphatic rings. The van der Waals surface area contributed by atoms with Crippen LogP contribution < -0.4 is 5.32 Å². The summed E-state index contributed by atoms with van der Waals surface area (Å²) >= 11 is 0. The van der Waals surface area contributed by atoms with Crippen LogP contribution in [0.15, 0.2) is 42.6 Å². The minimum absolute atomic E-state index is 0.600. The van der Waals surface area contributed by atoms with Gasteiger partial charge in [-0.1, -0.05) is 12.1 Å². The third kappa shape index (κ3) is 2.47. The molecule has 0 saturated carbocycles. The second-order valence-corrected chi connectivity index (χ2v) is 4.28. The van der Waals surface area contributed by atoms with Gasteiger partial charge < -0.3 is 9.88 Å². The first kappa shape index (κ1) is 11.5. The number of aromatic nitrogens is 5. The van der Waals surface area contributed by atoms with Gasteiger partial charge in [0.05, 0.1) is 6.54 Å². The Labute approximate surface area is 110 Å². The summed E-state index contributed by atoms with van der Waals surface area (Å²) in [6.45, 7) is 0.777. The maximum Gasteiger partial charge on any atom is 0.204 e. The highest BCUT2D eigenvalue weighted by molar-refractivity contribution is 5.61. The van der Waals surface area contributed by atoms with Gasteiger partial charge in [-0.05, 0) is 29.5 Å². The Morgan fingerprint density at radius 1 is 1.26 bits per heavy atom. The zero-order valence-electron chi connectivity index (χ0n) is 10.5. The van der Waals surface area contributed by atoms with E-state index in [4.69, 9.17) is 0 Å². The van der Waals surface area contributed by atoms with Crippen molar-refractivity contribution in [3.63, 3.8) is 0 Å². The van der Waals surface area contributed by atoms with Crippen LogP contribution in [0.1, 0.15) is 5.69 Å². The van der Waals surface area contributed by atoms with Crippen LogP contribution >= 0.6 is 0 Å². The quantitative estimate of drug-likeness (QED) is 0.745. The number of hydrogen-bond acceptors (Lipinski definition) is 4. The first-order chi connectivity index (χ1) is 9.33. The van der Waals surface area contributed by atoms with Gasteiger partial charge in [0.25, 0.3) is 0 Å². The van der Waals surface area contributed by atoms with Crippen molar-refractivity contribution in [1.82, 2.24) is 25.2 Å². The van der Waals surface area contributed by atoms with Gasteiger partial charge >= 0.3 is 0 Å². The van der Waals surface area contributed by atoms with Crippen molar-refractivity contribution in [2.45, 2.75) is 6.54 Å². The number of tetrazole rings is 1. The molecule has 0 bridgehead atoms. The number of aryl methyl sites for hydroxylation is 1. The molecule has 3 aromatic rings. The molecule has 3 rings (SSSR count). The van der Waals surface area contributed by atoms with Crippen LogP contribution in [-0.4, -0.2) is 25.2 Å². The number of benzene rings is 1. The molecule has 0 atom stereocenters. The number of anilines is 1. The molecule has 0 unspecified atom stereocenters. The van der Waals surface area contributed by atoms with Gasteiger partial charge in [0, 0.05) is 30.2 Å². The SMILES string of the molecule is Cn1cccc1CNc1cccc(-c2nn[nH]n2)c1. The molecule has 2 aromatic heterocycles. The van der Waals surface area contributed by atoms with E-state index in [-0.39, 0.29) is 0 Å². The molecule has 6 heteroatoms. The van der Waals surface area contributed by atoms with Crippen molar-refractivity contribution in [3.05, 3.63) is 48.3 Å². The highest BCUT2D eigenvalue weighted by atomic mass is 15.5. The number of nitrogens with one attached hydrogen (secondary N) is 2. The summed E-state index contributed by atoms with van der Waals surface area (Å²) in [6, 6.07) is 12.1. The molecule has 0 fully saturated rings. The van der Waals surface area contributed by atoms with Crippen LogP contribution in [0.4, 0.5) is 5.69 Å². The van der Waals surface area contributed by atoms with Crippen molar-refractivity contribution in [2.24, 2.45) is 7.05 Å². The molecule has 0 aliphatic carbocycles. The summed E-state index contributed by atoms with van der Waals surface area (Å²) in [7, 11) is 2.03. The Morgan fingerprint density at radius 3 is 2.95 bits per heavy atom. The highest BCUT2D eigenvalue weighted by Gasteiger charge is 2.03. The van der Waals surface area contributed by atoms with Crippen LogP contribution in [0, 0.1) is 0 Å². The molecular formula is C13H14N6. The van der Waals surface area contributed by atoms with E-state index in [9.17, 15) is 0 Å². The number of H-pyrrole nitrogens is 1. The number of nitrogens with zero attached hydrogens (tertiary/aromatic N) is 4. The molecular weight excluding hydrogens is 240 g/mol. The Balaban J connectivity index is 1.75. The average molecular weight is 254 g/mol. The van der Waals surface area contributed by atoms with E-state index in [1.807, 2.05) is 43.6 Å². The first-order valence-corrected chi connectivity index (χ1v) is 6.01. The smallest absolute Gasteiger partial charge is 0.204 e. The molecule has 0 aliphatic heterocycles. The molecule has 6 nitrogen and oxygen atoms in total. The largest absolute Gasteiger partial charge is 0.379 e. The van der Waals surface area contributed by atoms with Crippen LogP contribution in [0.25, 0.3) is 11.4 Å². The Bertz CT molecular complexity index is 655. The van der Waals surface area contributed by atoms with Gasteiger partial charge in [-0.25, -0.2) is 0 Å². The maximum atomic E-state index is 3.97. The molecule has 0 saturated heterocycles. The van der Waals surface area contributed by atoms with E-state index in [0.29, 0.717) is 5.82 Å². The summed E-state index contributed by atoms with van der Waals surface area (Å²) in [4.78, 5) is 0. The van der Waals surface area contributed by atoms with E-state index < -0.39 is 0 Å². The van der Waals surface area contributed by atoms with Crippen molar-refractivity contribution in [2.75, 3.05) is 5.32 Å². The second-order valence-electron chi connectivity index (χ2n) is 4.28. The lowest BCUT2D eigenvalue weighted by atomic mass is 10.2. The Kier molecular flexibility index (Phi) is 2.97. The van der Waals surface area contributed by atoms with E-state index in [0.717, 1.165) is 17.8 Å². The fraction of sp³-hybridized carbons (Fsp3) is 0.154. The lowest BCUT2D eigenvalue weighted by Crippen LogP contribution is -2.03. The fourth-order valence-corrected chi connectivity index (χ4v) is 1.93. The van der Waals surface area contributed by atoms with E-state index in [2.05, 4.69) is 36.6 Å². The standard InChI is InChI=1S/C13H14N6/c1-19-7-3-6-12(19)9-14-11-5-2-4-10(8-11)13-15-17-18-16-13/h2-8,14H,9H2,1H3,(H,15,16,17,18). The monoisotopic (exact) mass is 254 g/mol. The fourth-order valence-electron chi connectivity index (χ4n) is 1.93. The molecule has 0 radical (unpaired) electrons. The van der Waals surface area contributed by atoms with Crippen LogP contribution in [-0.2, 0) is 13.6 Å². The van der Waals surface area contributed by atoms with Gasteiger partial charge in [0.1, 0.15) is 0 Å². The summed E-state index contributed by atoms with van der Waals surface area (Å²) in [5.74, 6) is 0.600. The van der Waals surface area contributed by atoms with Crippen molar-refractivity contribution in [1.29, 1.82) is 0 Å². The zero-order valence-corrected chi connectivity index (χ0v) is 10.5. The third-order valence-electron chi connectivity index (χ3n) is 2.99. The summed E-state index contributed by atoms with van der Waals surface area (Å²) in [6.07, 6.45) is 2.03. The van der Waals surface area contributed by atoms with Gasteiger partial charge in [0.15, 0.2) is 0 Å². The van der Waals surface area contributed by atoms with Gasteiger partial charge in [0.2, 0.25) is 5.82 Å². The minimum Gasteiger partial charge on any atom is -0.379 e. The van der Waals surface area contributed by atoms with E-state index >= 15 is 0 Å². The molecule has 0 amide bonds. The van der Waals surface area contributed by atoms with Crippen molar-refractivity contribution >= 4 is 5.69 Å². The molecule has 2 N–H and O–H groups in total. The Morgan fingerprint density at radius 2 is 2.21 bits per heavy atom. The molecule has 0 spiro atoms. The molecule has 96 valence electrons. The van der Waals surface area contributed by atoms with Crippen LogP contribution in [0.2, 0.25) is 0 Å². The lowest BCUT2D eigenvalue weighted by molar-refractivity contribution is 0.842. The van der Waals surface area contributed by atoms with Crippen LogP contribution in [0.5, 0.6) is 0 Å². The average Bonchev–Trinajstić information content (AvgIpc) is 3.08. The first-order valence-electron chi connectivity index (χ1n) is 6.01. The van der Waals surface area contributed by atoms with Gasteiger partial charge in [-0.2, -0.15) is 5.21 Å². The lowest BCUT2D eigenvalue weighted by Gasteiger charge is -2.08. The highest BCUT2D eigenvalue weighted by Crippen LogP contribution is 2.18. The topological polar surface area (TPSA) is 71.4 Å². The zero-order chi connectivity index (χ0) is 13.1. The number of hydrogen-bond donors (Lipinski definition) is 2. The predicted octanol–water partition coefficient (Wildman–Crippen LogP) is 1.82. The minimum atomic E-state index is 0.600. The molecule has 19 heavy (non-hydrogen) atoms. The molecule has 2 heterocycles. The van der Waals surface area contributed by atoms with Gasteiger partial charge in [-0.3, -0.25) is 0 Å². The molecule has 1 aromatic carbocycles. The number of rotatable bonds is 4. The Hall–Kier alpha value is -2.63.